The van der Waals surface area contributed by atoms with E-state index < -0.39 is 11.7 Å². The van der Waals surface area contributed by atoms with Crippen molar-refractivity contribution in [1.82, 2.24) is 0 Å². The van der Waals surface area contributed by atoms with E-state index >= 15 is 0 Å². The smallest absolute Gasteiger partial charge is 0.412 e. The zero-order valence-electron chi connectivity index (χ0n) is 13.6. The van der Waals surface area contributed by atoms with Gasteiger partial charge in [0.1, 0.15) is 5.60 Å². The maximum atomic E-state index is 11.8. The molecule has 0 bridgehead atoms. The fourth-order valence-electron chi connectivity index (χ4n) is 2.56. The lowest BCUT2D eigenvalue weighted by molar-refractivity contribution is 0.0636. The second kappa shape index (κ2) is 7.01. The van der Waals surface area contributed by atoms with E-state index in [1.54, 1.807) is 0 Å². The predicted molar refractivity (Wildman–Crippen MR) is 88.2 cm³/mol. The molecular weight excluding hydrogens is 280 g/mol. The Kier molecular flexibility index (Phi) is 5.29. The van der Waals surface area contributed by atoms with Gasteiger partial charge >= 0.3 is 6.09 Å². The molecule has 0 aliphatic heterocycles. The molecule has 1 aliphatic carbocycles. The van der Waals surface area contributed by atoms with E-state index in [1.165, 1.54) is 0 Å². The summed E-state index contributed by atoms with van der Waals surface area (Å²) in [7, 11) is 0. The minimum absolute atomic E-state index is 0.154. The highest BCUT2D eigenvalue weighted by atomic mass is 16.6. The molecule has 0 spiro atoms. The van der Waals surface area contributed by atoms with E-state index in [-0.39, 0.29) is 6.10 Å². The molecule has 1 amide bonds. The molecule has 1 aromatic rings. The van der Waals surface area contributed by atoms with E-state index in [0.29, 0.717) is 11.7 Å². The maximum Gasteiger partial charge on any atom is 0.412 e. The first kappa shape index (κ1) is 16.6. The summed E-state index contributed by atoms with van der Waals surface area (Å²) in [5.41, 5.74) is 1.16. The Morgan fingerprint density at radius 3 is 2.45 bits per heavy atom. The summed E-state index contributed by atoms with van der Waals surface area (Å²) in [6, 6.07) is 7.98. The first-order valence-electron chi connectivity index (χ1n) is 7.86. The third kappa shape index (κ3) is 5.56. The third-order valence-corrected chi connectivity index (χ3v) is 3.58. The normalized spacial score (nSPS) is 22.0. The van der Waals surface area contributed by atoms with Gasteiger partial charge in [0.2, 0.25) is 0 Å². The lowest BCUT2D eigenvalue weighted by Gasteiger charge is -2.27. The summed E-state index contributed by atoms with van der Waals surface area (Å²) in [6.07, 6.45) is 3.00. The van der Waals surface area contributed by atoms with Crippen LogP contribution < -0.4 is 10.6 Å². The Labute approximate surface area is 132 Å². The summed E-state index contributed by atoms with van der Waals surface area (Å²) in [5.74, 6) is 0. The molecule has 0 atom stereocenters. The van der Waals surface area contributed by atoms with Gasteiger partial charge in [-0.3, -0.25) is 5.32 Å². The highest BCUT2D eigenvalue weighted by Crippen LogP contribution is 2.24. The van der Waals surface area contributed by atoms with Crippen LogP contribution in [-0.2, 0) is 4.74 Å². The van der Waals surface area contributed by atoms with Gasteiger partial charge in [0.25, 0.3) is 0 Å². The minimum Gasteiger partial charge on any atom is -0.444 e. The van der Waals surface area contributed by atoms with Crippen molar-refractivity contribution in [2.45, 2.75) is 64.2 Å². The molecule has 1 aliphatic rings. The Morgan fingerprint density at radius 2 is 1.82 bits per heavy atom. The molecule has 1 aromatic carbocycles. The fraction of sp³-hybridized carbons (Fsp3) is 0.588. The Balaban J connectivity index is 1.91. The van der Waals surface area contributed by atoms with E-state index in [4.69, 9.17) is 4.74 Å². The van der Waals surface area contributed by atoms with Crippen molar-refractivity contribution in [3.63, 3.8) is 0 Å². The highest BCUT2D eigenvalue weighted by Gasteiger charge is 2.19. The van der Waals surface area contributed by atoms with Crippen molar-refractivity contribution in [1.29, 1.82) is 0 Å². The molecule has 2 rings (SSSR count). The van der Waals surface area contributed by atoms with Crippen LogP contribution in [0.5, 0.6) is 0 Å². The van der Waals surface area contributed by atoms with Gasteiger partial charge in [-0.25, -0.2) is 4.79 Å². The number of benzene rings is 1. The van der Waals surface area contributed by atoms with Crippen LogP contribution in [0.1, 0.15) is 46.5 Å². The van der Waals surface area contributed by atoms with Crippen LogP contribution in [0.25, 0.3) is 0 Å². The van der Waals surface area contributed by atoms with Crippen molar-refractivity contribution in [2.24, 2.45) is 0 Å². The lowest BCUT2D eigenvalue weighted by atomic mass is 9.93. The van der Waals surface area contributed by atoms with E-state index in [2.05, 4.69) is 10.6 Å². The van der Waals surface area contributed by atoms with Crippen molar-refractivity contribution in [3.05, 3.63) is 24.3 Å². The minimum atomic E-state index is -0.511. The van der Waals surface area contributed by atoms with Gasteiger partial charge in [-0.2, -0.15) is 0 Å². The van der Waals surface area contributed by atoms with Crippen molar-refractivity contribution >= 4 is 17.5 Å². The van der Waals surface area contributed by atoms with Crippen LogP contribution in [0.15, 0.2) is 24.3 Å². The second-order valence-electron chi connectivity index (χ2n) is 6.86. The Morgan fingerprint density at radius 1 is 1.18 bits per heavy atom. The molecule has 0 heterocycles. The summed E-state index contributed by atoms with van der Waals surface area (Å²) in [4.78, 5) is 11.8. The molecule has 0 aromatic heterocycles. The molecule has 1 fully saturated rings. The average Bonchev–Trinajstić information content (AvgIpc) is 2.39. The van der Waals surface area contributed by atoms with E-state index in [0.717, 1.165) is 31.4 Å². The average molecular weight is 306 g/mol. The summed E-state index contributed by atoms with van der Waals surface area (Å²) < 4.78 is 5.25. The second-order valence-corrected chi connectivity index (χ2v) is 6.86. The summed E-state index contributed by atoms with van der Waals surface area (Å²) in [5, 5.41) is 15.7. The van der Waals surface area contributed by atoms with Crippen LogP contribution in [-0.4, -0.2) is 28.9 Å². The van der Waals surface area contributed by atoms with Crippen LogP contribution >= 0.6 is 0 Å². The van der Waals surface area contributed by atoms with Crippen molar-refractivity contribution < 1.29 is 14.6 Å². The largest absolute Gasteiger partial charge is 0.444 e. The van der Waals surface area contributed by atoms with Crippen LogP contribution in [0, 0.1) is 0 Å². The fourth-order valence-corrected chi connectivity index (χ4v) is 2.56. The van der Waals surface area contributed by atoms with Gasteiger partial charge in [-0.05, 0) is 64.7 Å². The van der Waals surface area contributed by atoms with Gasteiger partial charge in [0.05, 0.1) is 6.10 Å². The van der Waals surface area contributed by atoms with Crippen LogP contribution in [0.2, 0.25) is 0 Å². The molecule has 22 heavy (non-hydrogen) atoms. The number of aliphatic hydroxyl groups excluding tert-OH is 1. The van der Waals surface area contributed by atoms with E-state index in [9.17, 15) is 9.90 Å². The predicted octanol–water partition coefficient (Wildman–Crippen LogP) is 3.75. The molecule has 0 radical (unpaired) electrons. The van der Waals surface area contributed by atoms with E-state index in [1.807, 2.05) is 45.0 Å². The monoisotopic (exact) mass is 306 g/mol. The molecule has 1 saturated carbocycles. The molecular formula is C17H26N2O3. The number of amides is 1. The Hall–Kier alpha value is -1.75. The SMILES string of the molecule is CC(C)(C)OC(=O)Nc1cccc(NC2CCC(O)CC2)c1. The first-order chi connectivity index (χ1) is 10.3. The van der Waals surface area contributed by atoms with Crippen LogP contribution in [0.4, 0.5) is 16.2 Å². The highest BCUT2D eigenvalue weighted by molar-refractivity contribution is 5.85. The maximum absolute atomic E-state index is 11.8. The van der Waals surface area contributed by atoms with Gasteiger partial charge in [-0.15, -0.1) is 0 Å². The Bertz CT molecular complexity index is 503. The molecule has 0 saturated heterocycles. The number of carbonyl (C=O) groups is 1. The molecule has 0 unspecified atom stereocenters. The topological polar surface area (TPSA) is 70.6 Å². The van der Waals surface area contributed by atoms with Gasteiger partial charge in [0, 0.05) is 17.4 Å². The van der Waals surface area contributed by atoms with Crippen molar-refractivity contribution in [3.8, 4) is 0 Å². The first-order valence-corrected chi connectivity index (χ1v) is 7.86. The number of rotatable bonds is 3. The third-order valence-electron chi connectivity index (χ3n) is 3.58. The molecule has 122 valence electrons. The number of nitrogens with one attached hydrogen (secondary N) is 2. The van der Waals surface area contributed by atoms with Crippen LogP contribution in [0.3, 0.4) is 0 Å². The number of ether oxygens (including phenoxy) is 1. The van der Waals surface area contributed by atoms with Gasteiger partial charge in [0.15, 0.2) is 0 Å². The molecule has 3 N–H and O–H groups in total. The number of hydrogen-bond donors (Lipinski definition) is 3. The number of aliphatic hydroxyl groups is 1. The zero-order valence-corrected chi connectivity index (χ0v) is 13.6. The number of carbonyl (C=O) groups excluding carboxylic acids is 1. The van der Waals surface area contributed by atoms with Crippen molar-refractivity contribution in [2.75, 3.05) is 10.6 Å². The van der Waals surface area contributed by atoms with Gasteiger partial charge < -0.3 is 15.2 Å². The van der Waals surface area contributed by atoms with Gasteiger partial charge in [-0.1, -0.05) is 6.07 Å². The lowest BCUT2D eigenvalue weighted by Crippen LogP contribution is -2.28. The number of anilines is 2. The standard InChI is InChI=1S/C17H26N2O3/c1-17(2,3)22-16(21)19-14-6-4-5-13(11-14)18-12-7-9-15(20)10-8-12/h4-6,11-12,15,18,20H,7-10H2,1-3H3,(H,19,21). The molecule has 5 heteroatoms. The summed E-state index contributed by atoms with van der Waals surface area (Å²) >= 11 is 0. The molecule has 5 nitrogen and oxygen atoms in total. The zero-order chi connectivity index (χ0) is 16.2. The number of hydrogen-bond acceptors (Lipinski definition) is 4. The quantitative estimate of drug-likeness (QED) is 0.795. The summed E-state index contributed by atoms with van der Waals surface area (Å²) in [6.45, 7) is 5.51.